The number of Topliss-reactive ketones (excluding diaryl/α,β-unsaturated/α-hetero) is 1. The van der Waals surface area contributed by atoms with Gasteiger partial charge in [0.25, 0.3) is 0 Å². The minimum Gasteiger partial charge on any atom is -0.384 e. The first-order chi connectivity index (χ1) is 16.0. The number of carbonyl (C=O) groups is 1. The van der Waals surface area contributed by atoms with Gasteiger partial charge >= 0.3 is 0 Å². The molecule has 6 heteroatoms. The molecule has 5 nitrogen and oxygen atoms in total. The van der Waals surface area contributed by atoms with Crippen LogP contribution >= 0.6 is 11.6 Å². The molecule has 0 amide bonds. The van der Waals surface area contributed by atoms with Crippen molar-refractivity contribution in [2.45, 2.75) is 43.9 Å². The van der Waals surface area contributed by atoms with Gasteiger partial charge in [0.1, 0.15) is 6.10 Å². The summed E-state index contributed by atoms with van der Waals surface area (Å²) in [5, 5.41) is 5.03. The fourth-order valence-electron chi connectivity index (χ4n) is 5.83. The fourth-order valence-corrected chi connectivity index (χ4v) is 6.00. The first kappa shape index (κ1) is 21.4. The van der Waals surface area contributed by atoms with Crippen LogP contribution in [-0.4, -0.2) is 37.2 Å². The molecule has 1 saturated heterocycles. The predicted octanol–water partition coefficient (Wildman–Crippen LogP) is 5.25. The minimum atomic E-state index is -0.581. The van der Waals surface area contributed by atoms with E-state index in [9.17, 15) is 4.79 Å². The Bertz CT molecular complexity index is 1220. The lowest BCUT2D eigenvalue weighted by atomic mass is 9.84. The number of hydrogen-bond donors (Lipinski definition) is 1. The average Bonchev–Trinajstić information content (AvgIpc) is 3.40. The number of carbonyl (C=O) groups excluding carboxylic acids is 1. The van der Waals surface area contributed by atoms with Crippen molar-refractivity contribution in [2.24, 2.45) is 5.41 Å². The third-order valence-corrected chi connectivity index (χ3v) is 7.99. The number of benzene rings is 2. The van der Waals surface area contributed by atoms with E-state index >= 15 is 0 Å². The van der Waals surface area contributed by atoms with Crippen LogP contribution in [-0.2, 0) is 21.6 Å². The van der Waals surface area contributed by atoms with Crippen LogP contribution in [0.25, 0.3) is 10.9 Å². The van der Waals surface area contributed by atoms with E-state index in [1.54, 1.807) is 7.11 Å². The number of piperidine rings is 1. The summed E-state index contributed by atoms with van der Waals surface area (Å²) in [7, 11) is 1.76. The highest BCUT2D eigenvalue weighted by molar-refractivity contribution is 6.31. The molecule has 1 aromatic heterocycles. The van der Waals surface area contributed by atoms with E-state index in [1.165, 1.54) is 5.56 Å². The van der Waals surface area contributed by atoms with Crippen LogP contribution in [0.2, 0.25) is 5.02 Å². The van der Waals surface area contributed by atoms with Gasteiger partial charge in [-0.25, -0.2) is 0 Å². The maximum atomic E-state index is 14.0. The Balaban J connectivity index is 1.41. The molecular formula is C27H29ClN2O3. The third kappa shape index (κ3) is 3.53. The summed E-state index contributed by atoms with van der Waals surface area (Å²) in [6, 6.07) is 14.1. The molecule has 2 aliphatic heterocycles. The van der Waals surface area contributed by atoms with Gasteiger partial charge in [-0.3, -0.25) is 4.79 Å². The Labute approximate surface area is 199 Å². The van der Waals surface area contributed by atoms with E-state index in [0.717, 1.165) is 68.4 Å². The lowest BCUT2D eigenvalue weighted by molar-refractivity contribution is -0.0805. The van der Waals surface area contributed by atoms with Gasteiger partial charge in [0.15, 0.2) is 5.78 Å². The molecule has 1 spiro atoms. The lowest BCUT2D eigenvalue weighted by Gasteiger charge is -2.34. The summed E-state index contributed by atoms with van der Waals surface area (Å²) in [6.45, 7) is 3.35. The largest absolute Gasteiger partial charge is 0.384 e. The number of nitrogens with one attached hydrogen (secondary N) is 1. The smallest absolute Gasteiger partial charge is 0.198 e. The molecule has 0 unspecified atom stereocenters. The molecule has 3 heterocycles. The van der Waals surface area contributed by atoms with Crippen molar-refractivity contribution in [1.29, 1.82) is 0 Å². The number of hydrogen-bond acceptors (Lipinski definition) is 4. The molecule has 33 heavy (non-hydrogen) atoms. The van der Waals surface area contributed by atoms with Crippen LogP contribution in [0.5, 0.6) is 0 Å². The summed E-state index contributed by atoms with van der Waals surface area (Å²) in [5.41, 5.74) is 3.67. The molecule has 3 aliphatic rings. The SMILES string of the molecule is COCC1(Cn2cc(C(=O)[C@@H]3OC4(CCNCC4)c4ccccc43)c3ccc(Cl)cc32)CC1. The van der Waals surface area contributed by atoms with Crippen molar-refractivity contribution in [2.75, 3.05) is 26.8 Å². The van der Waals surface area contributed by atoms with Crippen LogP contribution in [0.1, 0.15) is 53.3 Å². The lowest BCUT2D eigenvalue weighted by Crippen LogP contribution is -2.40. The Hall–Kier alpha value is -2.18. The highest BCUT2D eigenvalue weighted by Gasteiger charge is 2.48. The highest BCUT2D eigenvalue weighted by atomic mass is 35.5. The molecular weight excluding hydrogens is 436 g/mol. The van der Waals surface area contributed by atoms with E-state index in [4.69, 9.17) is 21.1 Å². The number of rotatable bonds is 6. The van der Waals surface area contributed by atoms with Crippen LogP contribution in [0, 0.1) is 5.41 Å². The van der Waals surface area contributed by atoms with E-state index in [-0.39, 0.29) is 16.8 Å². The molecule has 0 radical (unpaired) electrons. The molecule has 1 N–H and O–H groups in total. The van der Waals surface area contributed by atoms with Crippen LogP contribution in [0.3, 0.4) is 0 Å². The number of nitrogens with zero attached hydrogens (tertiary/aromatic N) is 1. The fraction of sp³-hybridized carbons (Fsp3) is 0.444. The van der Waals surface area contributed by atoms with Gasteiger partial charge in [-0.15, -0.1) is 0 Å². The van der Waals surface area contributed by atoms with E-state index < -0.39 is 6.10 Å². The summed E-state index contributed by atoms with van der Waals surface area (Å²) in [4.78, 5) is 14.0. The maximum absolute atomic E-state index is 14.0. The molecule has 1 atom stereocenters. The van der Waals surface area contributed by atoms with Crippen molar-refractivity contribution in [3.63, 3.8) is 0 Å². The third-order valence-electron chi connectivity index (χ3n) is 7.75. The summed E-state index contributed by atoms with van der Waals surface area (Å²) < 4.78 is 14.3. The van der Waals surface area contributed by atoms with Gasteiger partial charge in [0.05, 0.1) is 17.7 Å². The topological polar surface area (TPSA) is 52.5 Å². The number of methoxy groups -OCH3 is 1. The molecule has 3 aromatic rings. The Morgan fingerprint density at radius 2 is 1.97 bits per heavy atom. The first-order valence-corrected chi connectivity index (χ1v) is 12.2. The number of ether oxygens (including phenoxy) is 2. The van der Waals surface area contributed by atoms with Gasteiger partial charge in [0.2, 0.25) is 0 Å². The van der Waals surface area contributed by atoms with E-state index in [2.05, 4.69) is 28.1 Å². The number of halogens is 1. The van der Waals surface area contributed by atoms with E-state index in [0.29, 0.717) is 10.6 Å². The van der Waals surface area contributed by atoms with Gasteiger partial charge < -0.3 is 19.4 Å². The zero-order valence-corrected chi connectivity index (χ0v) is 19.7. The van der Waals surface area contributed by atoms with Crippen LogP contribution in [0.4, 0.5) is 0 Å². The van der Waals surface area contributed by atoms with Gasteiger partial charge in [-0.05, 0) is 62.0 Å². The first-order valence-electron chi connectivity index (χ1n) is 11.8. The average molecular weight is 465 g/mol. The zero-order valence-electron chi connectivity index (χ0n) is 18.9. The quantitative estimate of drug-likeness (QED) is 0.506. The Morgan fingerprint density at radius 3 is 2.73 bits per heavy atom. The summed E-state index contributed by atoms with van der Waals surface area (Å²) in [5.74, 6) is 0.0283. The molecule has 2 aromatic carbocycles. The van der Waals surface area contributed by atoms with Crippen molar-refractivity contribution in [3.05, 3.63) is 70.4 Å². The highest BCUT2D eigenvalue weighted by Crippen LogP contribution is 2.51. The Morgan fingerprint density at radius 1 is 1.18 bits per heavy atom. The molecule has 0 bridgehead atoms. The predicted molar refractivity (Wildman–Crippen MR) is 129 cm³/mol. The molecule has 1 saturated carbocycles. The monoisotopic (exact) mass is 464 g/mol. The number of aromatic nitrogens is 1. The van der Waals surface area contributed by atoms with Crippen molar-refractivity contribution >= 4 is 28.3 Å². The second-order valence-electron chi connectivity index (χ2n) is 9.96. The normalized spacial score (nSPS) is 22.5. The zero-order chi connectivity index (χ0) is 22.6. The number of fused-ring (bicyclic) bond motifs is 3. The molecule has 6 rings (SSSR count). The molecule has 172 valence electrons. The maximum Gasteiger partial charge on any atom is 0.198 e. The standard InChI is InChI=1S/C27H29ClN2O3/c1-32-17-26(8-9-26)16-30-15-21(19-7-6-18(28)14-23(19)30)24(31)25-20-4-2-3-5-22(20)27(33-25)10-12-29-13-11-27/h2-7,14-15,25,29H,8-13,16-17H2,1H3/t25-/m1/s1. The Kier molecular flexibility index (Phi) is 5.15. The van der Waals surface area contributed by atoms with Crippen molar-refractivity contribution in [3.8, 4) is 0 Å². The second kappa shape index (κ2) is 7.95. The summed E-state index contributed by atoms with van der Waals surface area (Å²) in [6.07, 6.45) is 5.47. The second-order valence-corrected chi connectivity index (χ2v) is 10.4. The van der Waals surface area contributed by atoms with Gasteiger partial charge in [-0.2, -0.15) is 0 Å². The van der Waals surface area contributed by atoms with Crippen molar-refractivity contribution < 1.29 is 14.3 Å². The molecule has 2 fully saturated rings. The van der Waals surface area contributed by atoms with Crippen LogP contribution < -0.4 is 5.32 Å². The van der Waals surface area contributed by atoms with Gasteiger partial charge in [-0.1, -0.05) is 41.9 Å². The van der Waals surface area contributed by atoms with Gasteiger partial charge in [0, 0.05) is 41.2 Å². The van der Waals surface area contributed by atoms with Crippen molar-refractivity contribution in [1.82, 2.24) is 9.88 Å². The van der Waals surface area contributed by atoms with E-state index in [1.807, 2.05) is 30.5 Å². The summed E-state index contributed by atoms with van der Waals surface area (Å²) >= 11 is 6.37. The number of ketones is 1. The minimum absolute atomic E-state index is 0.0283. The molecule has 1 aliphatic carbocycles. The van der Waals surface area contributed by atoms with Crippen LogP contribution in [0.15, 0.2) is 48.7 Å².